The molecule has 2 aromatic rings. The second-order valence-electron chi connectivity index (χ2n) is 3.09. The highest BCUT2D eigenvalue weighted by Crippen LogP contribution is 2.33. The molecule has 1 aromatic heterocycles. The Hall–Kier alpha value is -0.740. The van der Waals surface area contributed by atoms with Crippen LogP contribution in [0.1, 0.15) is 16.0 Å². The number of benzene rings is 1. The van der Waals surface area contributed by atoms with Crippen molar-refractivity contribution in [3.05, 3.63) is 57.8 Å². The average molecular weight is 289 g/mol. The van der Waals surface area contributed by atoms with Crippen molar-refractivity contribution >= 4 is 27.3 Å². The molecule has 2 rings (SSSR count). The van der Waals surface area contributed by atoms with Gasteiger partial charge in [-0.05, 0) is 28.5 Å². The first-order valence-electron chi connectivity index (χ1n) is 4.29. The van der Waals surface area contributed by atoms with Crippen LogP contribution in [0, 0.1) is 11.6 Å². The van der Waals surface area contributed by atoms with Crippen molar-refractivity contribution in [1.29, 1.82) is 0 Å². The standard InChI is InChI=1S/C11H7BrF2S/c12-11(7-3-4-15-6-7)9-2-1-8(13)5-10(9)14/h1-6,11H. The third-order valence-electron chi connectivity index (χ3n) is 2.07. The largest absolute Gasteiger partial charge is 0.207 e. The van der Waals surface area contributed by atoms with Gasteiger partial charge in [0.1, 0.15) is 11.6 Å². The maximum Gasteiger partial charge on any atom is 0.130 e. The lowest BCUT2D eigenvalue weighted by Gasteiger charge is -2.09. The molecule has 0 aliphatic heterocycles. The molecular weight excluding hydrogens is 282 g/mol. The van der Waals surface area contributed by atoms with E-state index in [1.165, 1.54) is 12.1 Å². The van der Waals surface area contributed by atoms with Gasteiger partial charge in [-0.15, -0.1) is 0 Å². The van der Waals surface area contributed by atoms with Crippen LogP contribution < -0.4 is 0 Å². The van der Waals surface area contributed by atoms with E-state index in [-0.39, 0.29) is 4.83 Å². The molecule has 1 heterocycles. The quantitative estimate of drug-likeness (QED) is 0.713. The van der Waals surface area contributed by atoms with Crippen LogP contribution >= 0.6 is 27.3 Å². The topological polar surface area (TPSA) is 0 Å². The van der Waals surface area contributed by atoms with E-state index in [9.17, 15) is 8.78 Å². The lowest BCUT2D eigenvalue weighted by atomic mass is 10.1. The zero-order valence-corrected chi connectivity index (χ0v) is 9.99. The fourth-order valence-corrected chi connectivity index (χ4v) is 2.82. The lowest BCUT2D eigenvalue weighted by molar-refractivity contribution is 0.574. The van der Waals surface area contributed by atoms with Gasteiger partial charge in [-0.1, -0.05) is 22.0 Å². The van der Waals surface area contributed by atoms with Crippen molar-refractivity contribution in [2.24, 2.45) is 0 Å². The normalized spacial score (nSPS) is 12.7. The minimum absolute atomic E-state index is 0.218. The Morgan fingerprint density at radius 2 is 2.00 bits per heavy atom. The highest BCUT2D eigenvalue weighted by molar-refractivity contribution is 9.09. The Morgan fingerprint density at radius 1 is 1.20 bits per heavy atom. The predicted octanol–water partition coefficient (Wildman–Crippen LogP) is 4.51. The van der Waals surface area contributed by atoms with Gasteiger partial charge in [0.05, 0.1) is 4.83 Å². The molecule has 0 saturated heterocycles. The number of rotatable bonds is 2. The van der Waals surface area contributed by atoms with Gasteiger partial charge >= 0.3 is 0 Å². The van der Waals surface area contributed by atoms with E-state index in [4.69, 9.17) is 0 Å². The summed E-state index contributed by atoms with van der Waals surface area (Å²) in [5.74, 6) is -1.08. The molecule has 0 saturated carbocycles. The second-order valence-corrected chi connectivity index (χ2v) is 4.78. The molecule has 0 fully saturated rings. The minimum atomic E-state index is -0.554. The second kappa shape index (κ2) is 4.41. The van der Waals surface area contributed by atoms with E-state index in [0.717, 1.165) is 11.6 Å². The fraction of sp³-hybridized carbons (Fsp3) is 0.0909. The van der Waals surface area contributed by atoms with Crippen LogP contribution in [0.15, 0.2) is 35.0 Å². The smallest absolute Gasteiger partial charge is 0.130 e. The van der Waals surface area contributed by atoms with Gasteiger partial charge in [-0.3, -0.25) is 0 Å². The highest BCUT2D eigenvalue weighted by atomic mass is 79.9. The van der Waals surface area contributed by atoms with Gasteiger partial charge in [0.25, 0.3) is 0 Å². The Labute approximate surface area is 98.7 Å². The molecule has 1 unspecified atom stereocenters. The number of alkyl halides is 1. The zero-order valence-electron chi connectivity index (χ0n) is 7.58. The molecule has 0 bridgehead atoms. The number of hydrogen-bond acceptors (Lipinski definition) is 1. The van der Waals surface area contributed by atoms with Gasteiger partial charge in [0.15, 0.2) is 0 Å². The molecule has 1 aromatic carbocycles. The van der Waals surface area contributed by atoms with Crippen LogP contribution in [-0.2, 0) is 0 Å². The summed E-state index contributed by atoms with van der Waals surface area (Å²) in [5.41, 5.74) is 1.43. The van der Waals surface area contributed by atoms with E-state index in [1.54, 1.807) is 11.3 Å². The molecule has 0 N–H and O–H groups in total. The Kier molecular flexibility index (Phi) is 3.17. The zero-order chi connectivity index (χ0) is 10.8. The van der Waals surface area contributed by atoms with Crippen molar-refractivity contribution < 1.29 is 8.78 Å². The van der Waals surface area contributed by atoms with E-state index in [1.807, 2.05) is 16.8 Å². The fourth-order valence-electron chi connectivity index (χ4n) is 1.31. The number of thiophene rings is 1. The molecule has 0 spiro atoms. The van der Waals surface area contributed by atoms with Crippen molar-refractivity contribution in [2.75, 3.05) is 0 Å². The number of halogens is 3. The van der Waals surface area contributed by atoms with E-state index in [0.29, 0.717) is 5.56 Å². The SMILES string of the molecule is Fc1ccc(C(Br)c2ccsc2)c(F)c1. The molecule has 78 valence electrons. The van der Waals surface area contributed by atoms with Crippen molar-refractivity contribution in [3.63, 3.8) is 0 Å². The van der Waals surface area contributed by atoms with Crippen LogP contribution in [0.4, 0.5) is 8.78 Å². The van der Waals surface area contributed by atoms with Crippen molar-refractivity contribution in [3.8, 4) is 0 Å². The van der Waals surface area contributed by atoms with Gasteiger partial charge in [-0.2, -0.15) is 11.3 Å². The Morgan fingerprint density at radius 3 is 2.60 bits per heavy atom. The first-order valence-corrected chi connectivity index (χ1v) is 6.15. The summed E-state index contributed by atoms with van der Waals surface area (Å²) >= 11 is 4.94. The highest BCUT2D eigenvalue weighted by Gasteiger charge is 2.15. The van der Waals surface area contributed by atoms with E-state index in [2.05, 4.69) is 15.9 Å². The molecule has 0 amide bonds. The summed E-state index contributed by atoms with van der Waals surface area (Å²) in [6.45, 7) is 0. The first kappa shape index (κ1) is 10.8. The van der Waals surface area contributed by atoms with Gasteiger partial charge in [0, 0.05) is 11.6 Å². The maximum atomic E-state index is 13.4. The van der Waals surface area contributed by atoms with E-state index >= 15 is 0 Å². The van der Waals surface area contributed by atoms with Gasteiger partial charge < -0.3 is 0 Å². The number of hydrogen-bond donors (Lipinski definition) is 0. The van der Waals surface area contributed by atoms with Crippen molar-refractivity contribution in [1.82, 2.24) is 0 Å². The summed E-state index contributed by atoms with van der Waals surface area (Å²) < 4.78 is 26.1. The van der Waals surface area contributed by atoms with Crippen LogP contribution in [0.2, 0.25) is 0 Å². The molecule has 4 heteroatoms. The van der Waals surface area contributed by atoms with E-state index < -0.39 is 11.6 Å². The minimum Gasteiger partial charge on any atom is -0.207 e. The summed E-state index contributed by atoms with van der Waals surface area (Å²) in [5, 5.41) is 3.85. The molecule has 0 radical (unpaired) electrons. The average Bonchev–Trinajstić information content (AvgIpc) is 2.69. The third-order valence-corrected chi connectivity index (χ3v) is 3.79. The van der Waals surface area contributed by atoms with Gasteiger partial charge in [0.2, 0.25) is 0 Å². The molecule has 15 heavy (non-hydrogen) atoms. The predicted molar refractivity (Wildman–Crippen MR) is 61.4 cm³/mol. The van der Waals surface area contributed by atoms with Crippen LogP contribution in [0.3, 0.4) is 0 Å². The Bertz CT molecular complexity index is 454. The van der Waals surface area contributed by atoms with Crippen LogP contribution in [-0.4, -0.2) is 0 Å². The van der Waals surface area contributed by atoms with Crippen molar-refractivity contribution in [2.45, 2.75) is 4.83 Å². The molecule has 0 aliphatic carbocycles. The first-order chi connectivity index (χ1) is 7.18. The molecule has 1 atom stereocenters. The Balaban J connectivity index is 2.38. The summed E-state index contributed by atoms with van der Waals surface area (Å²) in [4.78, 5) is -0.218. The molecule has 0 aliphatic rings. The summed E-state index contributed by atoms with van der Waals surface area (Å²) in [6.07, 6.45) is 0. The third kappa shape index (κ3) is 2.26. The van der Waals surface area contributed by atoms with Gasteiger partial charge in [-0.25, -0.2) is 8.78 Å². The maximum absolute atomic E-state index is 13.4. The lowest BCUT2D eigenvalue weighted by Crippen LogP contribution is -1.95. The molecular formula is C11H7BrF2S. The van der Waals surface area contributed by atoms with Crippen LogP contribution in [0.25, 0.3) is 0 Å². The summed E-state index contributed by atoms with van der Waals surface area (Å²) in [7, 11) is 0. The molecule has 0 nitrogen and oxygen atoms in total. The monoisotopic (exact) mass is 288 g/mol. The summed E-state index contributed by atoms with van der Waals surface area (Å²) in [6, 6.07) is 5.53. The van der Waals surface area contributed by atoms with Crippen LogP contribution in [0.5, 0.6) is 0 Å².